The normalized spacial score (nSPS) is 11.9. The lowest BCUT2D eigenvalue weighted by molar-refractivity contribution is -0.121. The van der Waals surface area contributed by atoms with E-state index in [1.165, 1.54) is 0 Å². The minimum atomic E-state index is -3.46. The van der Waals surface area contributed by atoms with Crippen LogP contribution >= 0.6 is 11.6 Å². The summed E-state index contributed by atoms with van der Waals surface area (Å²) < 4.78 is 25.6. The molecule has 0 bridgehead atoms. The molecule has 33 heavy (non-hydrogen) atoms. The number of nitrogens with one attached hydrogen (secondary N) is 3. The Morgan fingerprint density at radius 1 is 0.909 bits per heavy atom. The molecule has 0 aliphatic rings. The van der Waals surface area contributed by atoms with Gasteiger partial charge < -0.3 is 10.6 Å². The molecular formula is C24H24ClN3O4S. The molecule has 0 aliphatic carbocycles. The molecule has 9 heteroatoms. The number of carbonyl (C=O) groups excluding carboxylic acids is 2. The maximum Gasteiger partial charge on any atom is 0.253 e. The Labute approximate surface area is 198 Å². The second-order valence-corrected chi connectivity index (χ2v) is 9.58. The van der Waals surface area contributed by atoms with Crippen molar-refractivity contribution in [1.29, 1.82) is 0 Å². The van der Waals surface area contributed by atoms with Gasteiger partial charge in [-0.15, -0.1) is 0 Å². The van der Waals surface area contributed by atoms with E-state index in [0.29, 0.717) is 21.8 Å². The summed E-state index contributed by atoms with van der Waals surface area (Å²) in [5.74, 6) is -0.692. The van der Waals surface area contributed by atoms with Gasteiger partial charge in [0.05, 0.1) is 35.0 Å². The Morgan fingerprint density at radius 2 is 1.55 bits per heavy atom. The average Bonchev–Trinajstić information content (AvgIpc) is 2.78. The van der Waals surface area contributed by atoms with Crippen LogP contribution < -0.4 is 15.4 Å². The van der Waals surface area contributed by atoms with Gasteiger partial charge in [-0.2, -0.15) is 0 Å². The Balaban J connectivity index is 1.71. The molecular weight excluding hydrogens is 462 g/mol. The van der Waals surface area contributed by atoms with E-state index < -0.39 is 16.1 Å². The van der Waals surface area contributed by atoms with E-state index in [4.69, 9.17) is 11.6 Å². The summed E-state index contributed by atoms with van der Waals surface area (Å²) in [6, 6.07) is 22.1. The molecule has 7 nitrogen and oxygen atoms in total. The van der Waals surface area contributed by atoms with Crippen LogP contribution in [0.3, 0.4) is 0 Å². The van der Waals surface area contributed by atoms with Crippen LogP contribution in [0.25, 0.3) is 0 Å². The van der Waals surface area contributed by atoms with Crippen LogP contribution in [-0.2, 0) is 21.4 Å². The predicted molar refractivity (Wildman–Crippen MR) is 129 cm³/mol. The molecule has 0 heterocycles. The third-order valence-corrected chi connectivity index (χ3v) is 5.72. The molecule has 172 valence electrons. The predicted octanol–water partition coefficient (Wildman–Crippen LogP) is 3.89. The van der Waals surface area contributed by atoms with E-state index in [9.17, 15) is 18.0 Å². The van der Waals surface area contributed by atoms with Gasteiger partial charge in [0, 0.05) is 6.54 Å². The minimum absolute atomic E-state index is 0.0120. The van der Waals surface area contributed by atoms with Crippen molar-refractivity contribution in [3.05, 3.63) is 101 Å². The Bertz CT molecular complexity index is 1230. The highest BCUT2D eigenvalue weighted by Crippen LogP contribution is 2.21. The van der Waals surface area contributed by atoms with Crippen molar-refractivity contribution in [2.24, 2.45) is 0 Å². The lowest BCUT2D eigenvalue weighted by Gasteiger charge is -2.20. The monoisotopic (exact) mass is 485 g/mol. The molecule has 3 rings (SSSR count). The Morgan fingerprint density at radius 3 is 2.24 bits per heavy atom. The number of rotatable bonds is 9. The highest BCUT2D eigenvalue weighted by atomic mass is 35.5. The van der Waals surface area contributed by atoms with E-state index in [1.807, 2.05) is 30.3 Å². The molecule has 2 amide bonds. The number of hydrogen-bond acceptors (Lipinski definition) is 4. The number of carbonyl (C=O) groups is 2. The largest absolute Gasteiger partial charge is 0.352 e. The van der Waals surface area contributed by atoms with Crippen LogP contribution in [-0.4, -0.2) is 26.5 Å². The number of sulfonamides is 1. The highest BCUT2D eigenvalue weighted by molar-refractivity contribution is 7.92. The maximum atomic E-state index is 12.8. The first kappa shape index (κ1) is 24.3. The SMILES string of the molecule is CS(=O)(=O)Nc1ccccc1CNC(=O)CC(NC(=O)c1ccccc1Cl)c1ccccc1. The summed E-state index contributed by atoms with van der Waals surface area (Å²) in [6.07, 6.45) is 1.05. The van der Waals surface area contributed by atoms with Gasteiger partial charge in [0.25, 0.3) is 5.91 Å². The number of anilines is 1. The van der Waals surface area contributed by atoms with Crippen molar-refractivity contribution in [2.75, 3.05) is 11.0 Å². The zero-order valence-electron chi connectivity index (χ0n) is 17.9. The molecule has 0 spiro atoms. The molecule has 3 aromatic carbocycles. The van der Waals surface area contributed by atoms with Crippen LogP contribution in [0.5, 0.6) is 0 Å². The first-order chi connectivity index (χ1) is 15.7. The van der Waals surface area contributed by atoms with Gasteiger partial charge in [-0.3, -0.25) is 14.3 Å². The molecule has 1 unspecified atom stereocenters. The zero-order valence-corrected chi connectivity index (χ0v) is 19.5. The van der Waals surface area contributed by atoms with Crippen LogP contribution in [0.4, 0.5) is 5.69 Å². The zero-order chi connectivity index (χ0) is 23.8. The fraction of sp³-hybridized carbons (Fsp3) is 0.167. The van der Waals surface area contributed by atoms with Crippen LogP contribution in [0.1, 0.15) is 33.9 Å². The van der Waals surface area contributed by atoms with Crippen molar-refractivity contribution in [2.45, 2.75) is 19.0 Å². The fourth-order valence-electron chi connectivity index (χ4n) is 3.24. The third-order valence-electron chi connectivity index (χ3n) is 4.80. The van der Waals surface area contributed by atoms with Gasteiger partial charge >= 0.3 is 0 Å². The molecule has 0 saturated heterocycles. The van der Waals surface area contributed by atoms with Crippen LogP contribution in [0.15, 0.2) is 78.9 Å². The van der Waals surface area contributed by atoms with Crippen molar-refractivity contribution in [3.8, 4) is 0 Å². The van der Waals surface area contributed by atoms with Gasteiger partial charge in [-0.1, -0.05) is 72.3 Å². The van der Waals surface area contributed by atoms with Gasteiger partial charge in [0.2, 0.25) is 15.9 Å². The van der Waals surface area contributed by atoms with Crippen molar-refractivity contribution in [3.63, 3.8) is 0 Å². The van der Waals surface area contributed by atoms with Crippen molar-refractivity contribution < 1.29 is 18.0 Å². The molecule has 1 atom stereocenters. The van der Waals surface area contributed by atoms with E-state index in [-0.39, 0.29) is 24.8 Å². The number of hydrogen-bond donors (Lipinski definition) is 3. The van der Waals surface area contributed by atoms with E-state index in [2.05, 4.69) is 15.4 Å². The second-order valence-electron chi connectivity index (χ2n) is 7.43. The van der Waals surface area contributed by atoms with Crippen molar-refractivity contribution >= 4 is 39.1 Å². The summed E-state index contributed by atoms with van der Waals surface area (Å²) >= 11 is 6.14. The lowest BCUT2D eigenvalue weighted by atomic mass is 10.0. The van der Waals surface area contributed by atoms with E-state index in [0.717, 1.165) is 11.8 Å². The number of para-hydroxylation sites is 1. The Hall–Kier alpha value is -3.36. The number of benzene rings is 3. The average molecular weight is 486 g/mol. The minimum Gasteiger partial charge on any atom is -0.352 e. The highest BCUT2D eigenvalue weighted by Gasteiger charge is 2.20. The molecule has 3 N–H and O–H groups in total. The van der Waals surface area contributed by atoms with E-state index >= 15 is 0 Å². The lowest BCUT2D eigenvalue weighted by Crippen LogP contribution is -2.34. The number of halogens is 1. The van der Waals surface area contributed by atoms with Gasteiger partial charge in [0.1, 0.15) is 0 Å². The first-order valence-electron chi connectivity index (χ1n) is 10.2. The second kappa shape index (κ2) is 11.0. The topological polar surface area (TPSA) is 104 Å². The molecule has 0 saturated carbocycles. The summed E-state index contributed by atoms with van der Waals surface area (Å²) in [5.41, 5.74) is 2.10. The smallest absolute Gasteiger partial charge is 0.253 e. The summed E-state index contributed by atoms with van der Waals surface area (Å²) in [6.45, 7) is 0.123. The summed E-state index contributed by atoms with van der Waals surface area (Å²) in [4.78, 5) is 25.5. The first-order valence-corrected chi connectivity index (χ1v) is 12.4. The van der Waals surface area contributed by atoms with Gasteiger partial charge in [-0.25, -0.2) is 8.42 Å². The Kier molecular flexibility index (Phi) is 8.08. The maximum absolute atomic E-state index is 12.8. The summed E-state index contributed by atoms with van der Waals surface area (Å²) in [5, 5.41) is 6.01. The van der Waals surface area contributed by atoms with Crippen molar-refractivity contribution in [1.82, 2.24) is 10.6 Å². The standard InChI is InChI=1S/C24H24ClN3O4S/c1-33(31,32)28-21-14-8-5-11-18(21)16-26-23(29)15-22(17-9-3-2-4-10-17)27-24(30)19-12-6-7-13-20(19)25/h2-14,22,28H,15-16H2,1H3,(H,26,29)(H,27,30). The van der Waals surface area contributed by atoms with E-state index in [1.54, 1.807) is 48.5 Å². The number of amides is 2. The van der Waals surface area contributed by atoms with Gasteiger partial charge in [-0.05, 0) is 29.3 Å². The summed E-state index contributed by atoms with van der Waals surface area (Å²) in [7, 11) is -3.46. The molecule has 0 aliphatic heterocycles. The molecule has 3 aromatic rings. The van der Waals surface area contributed by atoms with Crippen LogP contribution in [0.2, 0.25) is 5.02 Å². The molecule has 0 radical (unpaired) electrons. The quantitative estimate of drug-likeness (QED) is 0.427. The van der Waals surface area contributed by atoms with Gasteiger partial charge in [0.15, 0.2) is 0 Å². The molecule has 0 fully saturated rings. The third kappa shape index (κ3) is 7.34. The molecule has 0 aromatic heterocycles. The van der Waals surface area contributed by atoms with Crippen LogP contribution in [0, 0.1) is 0 Å². The fourth-order valence-corrected chi connectivity index (χ4v) is 4.06.